The van der Waals surface area contributed by atoms with Crippen LogP contribution in [0.15, 0.2) is 12.2 Å². The highest BCUT2D eigenvalue weighted by Crippen LogP contribution is 2.10. The van der Waals surface area contributed by atoms with E-state index in [0.717, 1.165) is 30.8 Å². The summed E-state index contributed by atoms with van der Waals surface area (Å²) in [6, 6.07) is 0. The van der Waals surface area contributed by atoms with Gasteiger partial charge < -0.3 is 14.3 Å². The van der Waals surface area contributed by atoms with Crippen molar-refractivity contribution in [3.63, 3.8) is 0 Å². The summed E-state index contributed by atoms with van der Waals surface area (Å²) in [6.07, 6.45) is 23.6. The second-order valence-corrected chi connectivity index (χ2v) is 8.66. The van der Waals surface area contributed by atoms with Crippen molar-refractivity contribution in [2.45, 2.75) is 96.8 Å². The van der Waals surface area contributed by atoms with Crippen LogP contribution in [-0.4, -0.2) is 56.6 Å². The molecule has 0 aromatic carbocycles. The van der Waals surface area contributed by atoms with Crippen LogP contribution in [0.25, 0.3) is 0 Å². The Kier molecular flexibility index (Phi) is 20.1. The summed E-state index contributed by atoms with van der Waals surface area (Å²) in [6.45, 7) is 6.01. The number of quaternary nitrogens is 1. The molecule has 0 saturated heterocycles. The Bertz CT molecular complexity index is 316. The minimum absolute atomic E-state index is 0.252. The van der Waals surface area contributed by atoms with Crippen molar-refractivity contribution in [3.8, 4) is 0 Å². The van der Waals surface area contributed by atoms with Crippen LogP contribution in [0.3, 0.4) is 0 Å². The predicted octanol–water partition coefficient (Wildman–Crippen LogP) is 6.11. The van der Waals surface area contributed by atoms with Crippen molar-refractivity contribution in [1.29, 1.82) is 0 Å². The molecule has 0 aliphatic heterocycles. The normalized spacial score (nSPS) is 12.3. The van der Waals surface area contributed by atoms with Crippen LogP contribution in [0.5, 0.6) is 0 Å². The molecule has 0 spiro atoms. The molecule has 0 aromatic heterocycles. The van der Waals surface area contributed by atoms with E-state index in [2.05, 4.69) is 33.2 Å². The third kappa shape index (κ3) is 21.8. The van der Waals surface area contributed by atoms with Crippen LogP contribution in [-0.2, 0) is 4.74 Å². The lowest BCUT2D eigenvalue weighted by Gasteiger charge is -2.28. The zero-order chi connectivity index (χ0) is 20.1. The fourth-order valence-corrected chi connectivity index (χ4v) is 3.25. The van der Waals surface area contributed by atoms with Crippen molar-refractivity contribution < 1.29 is 14.3 Å². The second-order valence-electron chi connectivity index (χ2n) is 8.66. The number of likely N-dealkylation sites (N-methyl/N-ethyl adjacent to an activating group) is 1. The third-order valence-electron chi connectivity index (χ3n) is 5.35. The standard InChI is InChI=1S/C24H50NO2/c1-4-5-6-7-8-9-10-11-12-13-14-15-16-17-18-19-23-27-24-21-25(2,3)20-22-26/h11-12,26H,4-10,13-24H2,1-3H3/q+1/b12-11-. The monoisotopic (exact) mass is 384 g/mol. The van der Waals surface area contributed by atoms with E-state index in [-0.39, 0.29) is 6.61 Å². The Hall–Kier alpha value is -0.380. The van der Waals surface area contributed by atoms with Gasteiger partial charge in [0.1, 0.15) is 13.1 Å². The van der Waals surface area contributed by atoms with Gasteiger partial charge in [-0.25, -0.2) is 0 Å². The molecular formula is C24H50NO2+. The number of unbranched alkanes of at least 4 members (excludes halogenated alkanes) is 12. The highest BCUT2D eigenvalue weighted by Gasteiger charge is 2.12. The Morgan fingerprint density at radius 2 is 1.19 bits per heavy atom. The topological polar surface area (TPSA) is 29.5 Å². The summed E-state index contributed by atoms with van der Waals surface area (Å²) in [5.74, 6) is 0. The molecule has 0 fully saturated rings. The predicted molar refractivity (Wildman–Crippen MR) is 119 cm³/mol. The van der Waals surface area contributed by atoms with Gasteiger partial charge in [0.2, 0.25) is 0 Å². The SMILES string of the molecule is CCCCCCCC/C=C\CCCCCCCCOCC[N+](C)(C)CCO. The van der Waals surface area contributed by atoms with Crippen LogP contribution in [0, 0.1) is 0 Å². The smallest absolute Gasteiger partial charge is 0.102 e. The van der Waals surface area contributed by atoms with Crippen LogP contribution in [0.2, 0.25) is 0 Å². The van der Waals surface area contributed by atoms with Gasteiger partial charge in [-0.15, -0.1) is 0 Å². The highest BCUT2D eigenvalue weighted by atomic mass is 16.5. The molecular weight excluding hydrogens is 334 g/mol. The van der Waals surface area contributed by atoms with Gasteiger partial charge >= 0.3 is 0 Å². The maximum absolute atomic E-state index is 9.00. The van der Waals surface area contributed by atoms with Crippen molar-refractivity contribution >= 4 is 0 Å². The van der Waals surface area contributed by atoms with Gasteiger partial charge in [-0.1, -0.05) is 76.9 Å². The largest absolute Gasteiger partial charge is 0.391 e. The molecule has 1 N–H and O–H groups in total. The lowest BCUT2D eigenvalue weighted by Crippen LogP contribution is -2.44. The molecule has 0 radical (unpaired) electrons. The summed E-state index contributed by atoms with van der Waals surface area (Å²) in [5.41, 5.74) is 0. The molecule has 0 unspecified atom stereocenters. The molecule has 27 heavy (non-hydrogen) atoms. The molecule has 0 bridgehead atoms. The second kappa shape index (κ2) is 20.4. The fraction of sp³-hybridized carbons (Fsp3) is 0.917. The molecule has 3 nitrogen and oxygen atoms in total. The molecule has 0 rings (SSSR count). The van der Waals surface area contributed by atoms with E-state index in [1.165, 1.54) is 89.9 Å². The quantitative estimate of drug-likeness (QED) is 0.147. The summed E-state index contributed by atoms with van der Waals surface area (Å²) >= 11 is 0. The van der Waals surface area contributed by atoms with E-state index < -0.39 is 0 Å². The first kappa shape index (κ1) is 26.6. The highest BCUT2D eigenvalue weighted by molar-refractivity contribution is 4.81. The lowest BCUT2D eigenvalue weighted by atomic mass is 10.1. The minimum Gasteiger partial charge on any atom is -0.391 e. The van der Waals surface area contributed by atoms with Gasteiger partial charge in [-0.3, -0.25) is 0 Å². The Balaban J connectivity index is 3.17. The van der Waals surface area contributed by atoms with Gasteiger partial charge in [-0.05, 0) is 32.1 Å². The van der Waals surface area contributed by atoms with Crippen LogP contribution < -0.4 is 0 Å². The molecule has 0 amide bonds. The minimum atomic E-state index is 0.252. The third-order valence-corrected chi connectivity index (χ3v) is 5.35. The Morgan fingerprint density at radius 1 is 0.667 bits per heavy atom. The molecule has 0 aliphatic carbocycles. The molecule has 0 aromatic rings. The molecule has 162 valence electrons. The number of aliphatic hydroxyl groups is 1. The van der Waals surface area contributed by atoms with E-state index in [4.69, 9.17) is 9.84 Å². The maximum Gasteiger partial charge on any atom is 0.102 e. The van der Waals surface area contributed by atoms with E-state index in [1.807, 2.05) is 0 Å². The number of allylic oxidation sites excluding steroid dienone is 2. The van der Waals surface area contributed by atoms with Gasteiger partial charge in [0.05, 0.1) is 27.3 Å². The fourth-order valence-electron chi connectivity index (χ4n) is 3.25. The summed E-state index contributed by atoms with van der Waals surface area (Å²) in [5, 5.41) is 9.00. The van der Waals surface area contributed by atoms with Crippen molar-refractivity contribution in [2.75, 3.05) is 47.0 Å². The summed E-state index contributed by atoms with van der Waals surface area (Å²) in [4.78, 5) is 0. The number of ether oxygens (including phenoxy) is 1. The van der Waals surface area contributed by atoms with Crippen LogP contribution >= 0.6 is 0 Å². The van der Waals surface area contributed by atoms with Gasteiger partial charge in [0, 0.05) is 6.61 Å². The lowest BCUT2D eigenvalue weighted by molar-refractivity contribution is -0.891. The van der Waals surface area contributed by atoms with Gasteiger partial charge in [0.15, 0.2) is 0 Å². The van der Waals surface area contributed by atoms with Gasteiger partial charge in [-0.2, -0.15) is 0 Å². The summed E-state index contributed by atoms with van der Waals surface area (Å²) in [7, 11) is 4.28. The van der Waals surface area contributed by atoms with Crippen molar-refractivity contribution in [3.05, 3.63) is 12.2 Å². The van der Waals surface area contributed by atoms with Crippen molar-refractivity contribution in [2.24, 2.45) is 0 Å². The zero-order valence-corrected chi connectivity index (χ0v) is 18.9. The van der Waals surface area contributed by atoms with E-state index in [1.54, 1.807) is 0 Å². The molecule has 0 saturated carbocycles. The van der Waals surface area contributed by atoms with Crippen LogP contribution in [0.1, 0.15) is 96.8 Å². The van der Waals surface area contributed by atoms with E-state index in [0.29, 0.717) is 0 Å². The zero-order valence-electron chi connectivity index (χ0n) is 18.9. The first-order valence-corrected chi connectivity index (χ1v) is 11.8. The number of aliphatic hydroxyl groups excluding tert-OH is 1. The van der Waals surface area contributed by atoms with Crippen molar-refractivity contribution in [1.82, 2.24) is 0 Å². The molecule has 0 atom stereocenters. The average molecular weight is 385 g/mol. The summed E-state index contributed by atoms with van der Waals surface area (Å²) < 4.78 is 6.57. The van der Waals surface area contributed by atoms with E-state index in [9.17, 15) is 0 Å². The average Bonchev–Trinajstić information content (AvgIpc) is 2.63. The Labute approximate surface area is 170 Å². The van der Waals surface area contributed by atoms with Crippen LogP contribution in [0.4, 0.5) is 0 Å². The first-order valence-electron chi connectivity index (χ1n) is 11.8. The molecule has 0 aliphatic rings. The number of hydrogen-bond acceptors (Lipinski definition) is 2. The molecule has 3 heteroatoms. The molecule has 0 heterocycles. The Morgan fingerprint density at radius 3 is 1.74 bits per heavy atom. The first-order chi connectivity index (χ1) is 13.1. The number of nitrogens with zero attached hydrogens (tertiary/aromatic N) is 1. The van der Waals surface area contributed by atoms with E-state index >= 15 is 0 Å². The maximum atomic E-state index is 9.00. The number of rotatable bonds is 21. The van der Waals surface area contributed by atoms with Gasteiger partial charge in [0.25, 0.3) is 0 Å². The number of hydrogen-bond donors (Lipinski definition) is 1.